The second-order valence-corrected chi connectivity index (χ2v) is 9.04. The zero-order chi connectivity index (χ0) is 20.7. The van der Waals surface area contributed by atoms with Crippen LogP contribution in [0, 0.1) is 0 Å². The topological polar surface area (TPSA) is 84.5 Å². The summed E-state index contributed by atoms with van der Waals surface area (Å²) >= 11 is 0. The predicted molar refractivity (Wildman–Crippen MR) is 114 cm³/mol. The van der Waals surface area contributed by atoms with Gasteiger partial charge in [0.2, 0.25) is 10.0 Å². The van der Waals surface area contributed by atoms with Crippen molar-refractivity contribution in [2.24, 2.45) is 0 Å². The quantitative estimate of drug-likeness (QED) is 0.652. The summed E-state index contributed by atoms with van der Waals surface area (Å²) < 4.78 is 33.1. The van der Waals surface area contributed by atoms with Crippen molar-refractivity contribution in [1.82, 2.24) is 4.72 Å². The summed E-state index contributed by atoms with van der Waals surface area (Å²) in [6.07, 6.45) is 5.00. The highest BCUT2D eigenvalue weighted by Crippen LogP contribution is 2.17. The molecule has 0 aromatic heterocycles. The summed E-state index contributed by atoms with van der Waals surface area (Å²) in [5.74, 6) is -0.345. The van der Waals surface area contributed by atoms with E-state index in [4.69, 9.17) is 4.74 Å². The van der Waals surface area contributed by atoms with Crippen LogP contribution < -0.4 is 10.0 Å². The zero-order valence-electron chi connectivity index (χ0n) is 16.7. The Morgan fingerprint density at radius 3 is 2.66 bits per heavy atom. The van der Waals surface area contributed by atoms with Gasteiger partial charge < -0.3 is 10.1 Å². The normalized spacial score (nSPS) is 16.7. The fourth-order valence-corrected chi connectivity index (χ4v) is 4.35. The number of sulfonamides is 1. The van der Waals surface area contributed by atoms with Crippen molar-refractivity contribution in [1.29, 1.82) is 0 Å². The molecule has 1 amide bonds. The van der Waals surface area contributed by atoms with E-state index in [0.717, 1.165) is 32.1 Å². The monoisotopic (exact) mass is 416 g/mol. The zero-order valence-corrected chi connectivity index (χ0v) is 17.5. The Balaban J connectivity index is 1.64. The standard InChI is InChI=1S/C22H28N2O4S/c1-2-3-6-17-10-12-19(13-11-17)24-22(25)18-7-4-9-21(15-18)29(26,27)23-16-20-8-5-14-28-20/h4,7,9-13,15,20,23H,2-3,5-6,8,14,16H2,1H3,(H,24,25). The molecule has 0 spiro atoms. The molecule has 1 heterocycles. The molecule has 1 unspecified atom stereocenters. The molecule has 2 aromatic rings. The first kappa shape index (κ1) is 21.5. The fraction of sp³-hybridized carbons (Fsp3) is 0.409. The SMILES string of the molecule is CCCCc1ccc(NC(=O)c2cccc(S(=O)(=O)NCC3CCCO3)c2)cc1. The number of unbranched alkanes of at least 4 members (excludes halogenated alkanes) is 1. The summed E-state index contributed by atoms with van der Waals surface area (Å²) in [7, 11) is -3.70. The van der Waals surface area contributed by atoms with E-state index >= 15 is 0 Å². The van der Waals surface area contributed by atoms with Crippen LogP contribution in [0.3, 0.4) is 0 Å². The molecule has 2 aromatic carbocycles. The first-order valence-corrected chi connectivity index (χ1v) is 11.6. The van der Waals surface area contributed by atoms with Gasteiger partial charge in [-0.3, -0.25) is 4.79 Å². The van der Waals surface area contributed by atoms with Gasteiger partial charge in [0.25, 0.3) is 5.91 Å². The van der Waals surface area contributed by atoms with E-state index in [0.29, 0.717) is 17.9 Å². The Morgan fingerprint density at radius 2 is 1.97 bits per heavy atom. The van der Waals surface area contributed by atoms with Gasteiger partial charge in [-0.1, -0.05) is 31.5 Å². The molecular weight excluding hydrogens is 388 g/mol. The smallest absolute Gasteiger partial charge is 0.255 e. The third-order valence-corrected chi connectivity index (χ3v) is 6.38. The molecule has 6 nitrogen and oxygen atoms in total. The molecule has 1 saturated heterocycles. The largest absolute Gasteiger partial charge is 0.377 e. The van der Waals surface area contributed by atoms with E-state index in [1.54, 1.807) is 12.1 Å². The van der Waals surface area contributed by atoms with Crippen molar-refractivity contribution in [3.63, 3.8) is 0 Å². The third-order valence-electron chi connectivity index (χ3n) is 4.96. The van der Waals surface area contributed by atoms with Gasteiger partial charge in [0, 0.05) is 24.4 Å². The molecule has 7 heteroatoms. The van der Waals surface area contributed by atoms with Crippen LogP contribution in [0.15, 0.2) is 53.4 Å². The van der Waals surface area contributed by atoms with Crippen molar-refractivity contribution < 1.29 is 17.9 Å². The molecule has 1 aliphatic rings. The Kier molecular flexibility index (Phi) is 7.41. The van der Waals surface area contributed by atoms with Crippen LogP contribution >= 0.6 is 0 Å². The second-order valence-electron chi connectivity index (χ2n) is 7.27. The van der Waals surface area contributed by atoms with Gasteiger partial charge >= 0.3 is 0 Å². The number of carbonyl (C=O) groups excluding carboxylic acids is 1. The van der Waals surface area contributed by atoms with Crippen LogP contribution in [0.5, 0.6) is 0 Å². The number of anilines is 1. The number of hydrogen-bond acceptors (Lipinski definition) is 4. The van der Waals surface area contributed by atoms with Gasteiger partial charge in [-0.15, -0.1) is 0 Å². The first-order valence-electron chi connectivity index (χ1n) is 10.1. The van der Waals surface area contributed by atoms with Gasteiger partial charge in [-0.2, -0.15) is 0 Å². The van der Waals surface area contributed by atoms with Crippen molar-refractivity contribution in [2.75, 3.05) is 18.5 Å². The van der Waals surface area contributed by atoms with Gasteiger partial charge in [-0.25, -0.2) is 13.1 Å². The van der Waals surface area contributed by atoms with E-state index in [1.165, 1.54) is 17.7 Å². The summed E-state index contributed by atoms with van der Waals surface area (Å²) in [5.41, 5.74) is 2.20. The Labute approximate surface area is 172 Å². The Morgan fingerprint density at radius 1 is 1.17 bits per heavy atom. The molecule has 1 fully saturated rings. The molecule has 156 valence electrons. The van der Waals surface area contributed by atoms with Crippen molar-refractivity contribution in [3.05, 3.63) is 59.7 Å². The predicted octanol–water partition coefficient (Wildman–Crippen LogP) is 3.74. The minimum atomic E-state index is -3.70. The van der Waals surface area contributed by atoms with Gasteiger partial charge in [0.15, 0.2) is 0 Å². The van der Waals surface area contributed by atoms with E-state index in [2.05, 4.69) is 17.0 Å². The van der Waals surface area contributed by atoms with Crippen LogP contribution in [-0.4, -0.2) is 33.6 Å². The average Bonchev–Trinajstić information content (AvgIpc) is 3.26. The lowest BCUT2D eigenvalue weighted by Gasteiger charge is -2.12. The lowest BCUT2D eigenvalue weighted by atomic mass is 10.1. The Hall–Kier alpha value is -2.22. The van der Waals surface area contributed by atoms with Crippen LogP contribution in [0.25, 0.3) is 0 Å². The number of hydrogen-bond donors (Lipinski definition) is 2. The molecule has 1 atom stereocenters. The third kappa shape index (κ3) is 6.13. The highest BCUT2D eigenvalue weighted by Gasteiger charge is 2.21. The van der Waals surface area contributed by atoms with E-state index in [-0.39, 0.29) is 23.5 Å². The van der Waals surface area contributed by atoms with Crippen LogP contribution in [0.1, 0.15) is 48.5 Å². The summed E-state index contributed by atoms with van der Waals surface area (Å²) in [6, 6.07) is 13.8. The lowest BCUT2D eigenvalue weighted by molar-refractivity contribution is 0.102. The van der Waals surface area contributed by atoms with Gasteiger partial charge in [-0.05, 0) is 61.6 Å². The van der Waals surface area contributed by atoms with Crippen molar-refractivity contribution in [3.8, 4) is 0 Å². The molecule has 29 heavy (non-hydrogen) atoms. The number of carbonyl (C=O) groups is 1. The number of amides is 1. The van der Waals surface area contributed by atoms with Crippen molar-refractivity contribution in [2.45, 2.75) is 50.0 Å². The summed E-state index contributed by atoms with van der Waals surface area (Å²) in [4.78, 5) is 12.6. The van der Waals surface area contributed by atoms with E-state index in [1.807, 2.05) is 24.3 Å². The average molecular weight is 417 g/mol. The molecular formula is C22H28N2O4S. The maximum Gasteiger partial charge on any atom is 0.255 e. The number of ether oxygens (including phenoxy) is 1. The molecule has 0 aliphatic carbocycles. The number of benzene rings is 2. The minimum Gasteiger partial charge on any atom is -0.377 e. The van der Waals surface area contributed by atoms with Crippen LogP contribution in [-0.2, 0) is 21.2 Å². The van der Waals surface area contributed by atoms with Gasteiger partial charge in [0.1, 0.15) is 0 Å². The lowest BCUT2D eigenvalue weighted by Crippen LogP contribution is -2.32. The summed E-state index contributed by atoms with van der Waals surface area (Å²) in [5, 5.41) is 2.82. The molecule has 2 N–H and O–H groups in total. The van der Waals surface area contributed by atoms with Gasteiger partial charge in [0.05, 0.1) is 11.0 Å². The molecule has 1 aliphatic heterocycles. The maximum atomic E-state index is 12.6. The molecule has 0 radical (unpaired) electrons. The molecule has 0 saturated carbocycles. The first-order chi connectivity index (χ1) is 14.0. The number of aryl methyl sites for hydroxylation is 1. The molecule has 3 rings (SSSR count). The van der Waals surface area contributed by atoms with E-state index in [9.17, 15) is 13.2 Å². The second kappa shape index (κ2) is 10.0. The van der Waals surface area contributed by atoms with Crippen molar-refractivity contribution >= 4 is 21.6 Å². The highest BCUT2D eigenvalue weighted by molar-refractivity contribution is 7.89. The van der Waals surface area contributed by atoms with Crippen LogP contribution in [0.4, 0.5) is 5.69 Å². The fourth-order valence-electron chi connectivity index (χ4n) is 3.23. The van der Waals surface area contributed by atoms with E-state index < -0.39 is 10.0 Å². The Bertz CT molecular complexity index is 920. The number of nitrogens with one attached hydrogen (secondary N) is 2. The van der Waals surface area contributed by atoms with Crippen LogP contribution in [0.2, 0.25) is 0 Å². The molecule has 0 bridgehead atoms. The minimum absolute atomic E-state index is 0.0676. The highest BCUT2D eigenvalue weighted by atomic mass is 32.2. The maximum absolute atomic E-state index is 12.6. The summed E-state index contributed by atoms with van der Waals surface area (Å²) in [6.45, 7) is 3.06. The number of rotatable bonds is 9.